The molecule has 0 spiro atoms. The van der Waals surface area contributed by atoms with Gasteiger partial charge >= 0.3 is 0 Å². The number of anilines is 3. The van der Waals surface area contributed by atoms with Gasteiger partial charge < -0.3 is 20.1 Å². The number of nitrogens with one attached hydrogen (secondary N) is 2. The van der Waals surface area contributed by atoms with Gasteiger partial charge in [-0.3, -0.25) is 4.79 Å². The molecule has 1 aromatic heterocycles. The summed E-state index contributed by atoms with van der Waals surface area (Å²) >= 11 is 5.67. The van der Waals surface area contributed by atoms with Crippen LogP contribution in [-0.4, -0.2) is 35.5 Å². The average molecular weight is 548 g/mol. The molecule has 7 heteroatoms. The Balaban J connectivity index is 1.73. The topological polar surface area (TPSA) is 64.3 Å². The molecule has 0 atom stereocenters. The lowest BCUT2D eigenvalue weighted by molar-refractivity contribution is -0.116. The fraction of sp³-hybridized carbons (Fsp3) is 0.469. The van der Waals surface area contributed by atoms with Crippen LogP contribution in [0.5, 0.6) is 0 Å². The van der Waals surface area contributed by atoms with E-state index in [0.717, 1.165) is 57.1 Å². The summed E-state index contributed by atoms with van der Waals surface area (Å²) in [4.78, 5) is 25.7. The summed E-state index contributed by atoms with van der Waals surface area (Å²) in [5, 5.41) is 3.13. The minimum atomic E-state index is -0.0338. The molecule has 0 aliphatic heterocycles. The standard InChI is InChI=1S/C32H45N5OS/c1-4-6-7-8-15-23-37(25-27-17-11-9-12-18-27)31-30(32(39)34-26(3)33-31)35-29(38)21-16-24-36(22-5-2)28-19-13-10-14-20-28/h9-14,17-20H,4-8,15-16,21-25H2,1-3H3,(H,35,38)(H,33,34,39). The monoisotopic (exact) mass is 547 g/mol. The molecule has 210 valence electrons. The summed E-state index contributed by atoms with van der Waals surface area (Å²) in [7, 11) is 0. The molecule has 3 aromatic rings. The summed E-state index contributed by atoms with van der Waals surface area (Å²) in [6.45, 7) is 9.73. The zero-order valence-corrected chi connectivity index (χ0v) is 24.7. The zero-order valence-electron chi connectivity index (χ0n) is 23.9. The van der Waals surface area contributed by atoms with Crippen molar-refractivity contribution < 1.29 is 4.79 Å². The highest BCUT2D eigenvalue weighted by molar-refractivity contribution is 7.71. The van der Waals surface area contributed by atoms with E-state index in [1.54, 1.807) is 0 Å². The molecule has 1 heterocycles. The number of nitrogens with zero attached hydrogens (tertiary/aromatic N) is 3. The summed E-state index contributed by atoms with van der Waals surface area (Å²) in [5.74, 6) is 1.56. The van der Waals surface area contributed by atoms with Crippen LogP contribution >= 0.6 is 12.2 Å². The van der Waals surface area contributed by atoms with Crippen LogP contribution in [0, 0.1) is 11.6 Å². The highest BCUT2D eigenvalue weighted by atomic mass is 32.1. The van der Waals surface area contributed by atoms with Crippen LogP contribution in [-0.2, 0) is 11.3 Å². The van der Waals surface area contributed by atoms with Gasteiger partial charge in [0.25, 0.3) is 0 Å². The number of para-hydroxylation sites is 1. The molecule has 0 aliphatic carbocycles. The summed E-state index contributed by atoms with van der Waals surface area (Å²) in [6.07, 6.45) is 8.23. The first-order chi connectivity index (χ1) is 19.0. The molecule has 2 aromatic carbocycles. The Bertz CT molecular complexity index is 1180. The predicted octanol–water partition coefficient (Wildman–Crippen LogP) is 8.06. The molecule has 0 saturated heterocycles. The van der Waals surface area contributed by atoms with E-state index in [-0.39, 0.29) is 5.91 Å². The fourth-order valence-corrected chi connectivity index (χ4v) is 5.10. The number of aromatic amines is 1. The number of H-pyrrole nitrogens is 1. The lowest BCUT2D eigenvalue weighted by Gasteiger charge is -2.27. The number of unbranched alkanes of at least 4 members (excludes halogenated alkanes) is 4. The molecule has 6 nitrogen and oxygen atoms in total. The highest BCUT2D eigenvalue weighted by Crippen LogP contribution is 2.27. The third kappa shape index (κ3) is 10.1. The van der Waals surface area contributed by atoms with Crippen molar-refractivity contribution in [3.8, 4) is 0 Å². The van der Waals surface area contributed by atoms with Gasteiger partial charge in [0.1, 0.15) is 17.3 Å². The molecule has 2 N–H and O–H groups in total. The van der Waals surface area contributed by atoms with Crippen molar-refractivity contribution in [3.05, 3.63) is 76.7 Å². The first-order valence-corrected chi connectivity index (χ1v) is 14.9. The van der Waals surface area contributed by atoms with Gasteiger partial charge in [-0.2, -0.15) is 0 Å². The molecule has 1 amide bonds. The third-order valence-corrected chi connectivity index (χ3v) is 7.09. The van der Waals surface area contributed by atoms with Crippen molar-refractivity contribution in [1.29, 1.82) is 0 Å². The van der Waals surface area contributed by atoms with E-state index in [9.17, 15) is 4.79 Å². The van der Waals surface area contributed by atoms with Crippen molar-refractivity contribution in [2.75, 3.05) is 34.8 Å². The van der Waals surface area contributed by atoms with E-state index in [1.165, 1.54) is 36.9 Å². The van der Waals surface area contributed by atoms with Crippen molar-refractivity contribution in [1.82, 2.24) is 9.97 Å². The van der Waals surface area contributed by atoms with E-state index in [4.69, 9.17) is 12.2 Å². The maximum atomic E-state index is 13.2. The maximum Gasteiger partial charge on any atom is 0.224 e. The number of benzene rings is 2. The van der Waals surface area contributed by atoms with Gasteiger partial charge in [-0.15, -0.1) is 0 Å². The second kappa shape index (κ2) is 16.7. The van der Waals surface area contributed by atoms with Crippen molar-refractivity contribution in [2.24, 2.45) is 0 Å². The van der Waals surface area contributed by atoms with Crippen LogP contribution in [0.3, 0.4) is 0 Å². The molecule has 0 fully saturated rings. The normalized spacial score (nSPS) is 10.8. The average Bonchev–Trinajstić information content (AvgIpc) is 2.94. The Labute approximate surface area is 239 Å². The Morgan fingerprint density at radius 3 is 2.21 bits per heavy atom. The number of amides is 1. The SMILES string of the molecule is CCCCCCCN(Cc1ccccc1)c1[nH]c(C)nc(=S)c1NC(=O)CCCN(CCC)c1ccccc1. The maximum absolute atomic E-state index is 13.2. The number of rotatable bonds is 17. The van der Waals surface area contributed by atoms with Crippen molar-refractivity contribution in [3.63, 3.8) is 0 Å². The van der Waals surface area contributed by atoms with E-state index >= 15 is 0 Å². The van der Waals surface area contributed by atoms with Crippen LogP contribution in [0.4, 0.5) is 17.2 Å². The van der Waals surface area contributed by atoms with E-state index in [1.807, 2.05) is 19.1 Å². The first-order valence-electron chi connectivity index (χ1n) is 14.5. The van der Waals surface area contributed by atoms with Crippen molar-refractivity contribution in [2.45, 2.75) is 78.7 Å². The second-order valence-electron chi connectivity index (χ2n) is 10.1. The van der Waals surface area contributed by atoms with Gasteiger partial charge in [0.05, 0.1) is 0 Å². The quantitative estimate of drug-likeness (QED) is 0.132. The number of hydrogen-bond donors (Lipinski definition) is 2. The zero-order chi connectivity index (χ0) is 27.9. The van der Waals surface area contributed by atoms with Crippen molar-refractivity contribution >= 4 is 35.3 Å². The molecule has 3 rings (SSSR count). The van der Waals surface area contributed by atoms with Crippen LogP contribution in [0.25, 0.3) is 0 Å². The first kappa shape index (κ1) is 30.4. The smallest absolute Gasteiger partial charge is 0.224 e. The number of carbonyl (C=O) groups is 1. The van der Waals surface area contributed by atoms with E-state index in [2.05, 4.69) is 87.5 Å². The molecule has 0 aliphatic rings. The summed E-state index contributed by atoms with van der Waals surface area (Å²) in [5.41, 5.74) is 3.02. The predicted molar refractivity (Wildman–Crippen MR) is 167 cm³/mol. The molecular formula is C32H45N5OS. The minimum Gasteiger partial charge on any atom is -0.372 e. The van der Waals surface area contributed by atoms with E-state index < -0.39 is 0 Å². The lowest BCUT2D eigenvalue weighted by atomic mass is 10.1. The Hall–Kier alpha value is -3.19. The Morgan fingerprint density at radius 1 is 0.846 bits per heavy atom. The minimum absolute atomic E-state index is 0.0338. The molecule has 0 saturated carbocycles. The molecule has 0 radical (unpaired) electrons. The highest BCUT2D eigenvalue weighted by Gasteiger charge is 2.18. The molecule has 0 bridgehead atoms. The van der Waals surface area contributed by atoms with Gasteiger partial charge in [0.2, 0.25) is 5.91 Å². The number of carbonyl (C=O) groups excluding carboxylic acids is 1. The summed E-state index contributed by atoms with van der Waals surface area (Å²) in [6, 6.07) is 20.8. The second-order valence-corrected chi connectivity index (χ2v) is 10.5. The van der Waals surface area contributed by atoms with Gasteiger partial charge in [-0.05, 0) is 43.9 Å². The van der Waals surface area contributed by atoms with Crippen LogP contribution in [0.15, 0.2) is 60.7 Å². The van der Waals surface area contributed by atoms with Crippen LogP contribution in [0.1, 0.15) is 76.6 Å². The van der Waals surface area contributed by atoms with Crippen LogP contribution < -0.4 is 15.1 Å². The number of hydrogen-bond acceptors (Lipinski definition) is 5. The third-order valence-electron chi connectivity index (χ3n) is 6.79. The molecule has 0 unspecified atom stereocenters. The van der Waals surface area contributed by atoms with Gasteiger partial charge in [0.15, 0.2) is 4.64 Å². The van der Waals surface area contributed by atoms with Gasteiger partial charge in [-0.1, -0.05) is 100 Å². The molecular weight excluding hydrogens is 502 g/mol. The molecule has 39 heavy (non-hydrogen) atoms. The largest absolute Gasteiger partial charge is 0.372 e. The number of aryl methyl sites for hydroxylation is 1. The lowest BCUT2D eigenvalue weighted by Crippen LogP contribution is -2.28. The Morgan fingerprint density at radius 2 is 1.51 bits per heavy atom. The Kier molecular flexibility index (Phi) is 13.0. The fourth-order valence-electron chi connectivity index (χ4n) is 4.81. The van der Waals surface area contributed by atoms with E-state index in [0.29, 0.717) is 16.7 Å². The van der Waals surface area contributed by atoms with Gasteiger partial charge in [-0.25, -0.2) is 4.98 Å². The van der Waals surface area contributed by atoms with Gasteiger partial charge in [0, 0.05) is 38.3 Å². The number of aromatic nitrogens is 2. The van der Waals surface area contributed by atoms with Crippen LogP contribution in [0.2, 0.25) is 0 Å². The summed E-state index contributed by atoms with van der Waals surface area (Å²) < 4.78 is 0.426.